The second kappa shape index (κ2) is 10.8. The third-order valence-corrected chi connectivity index (χ3v) is 6.99. The van der Waals surface area contributed by atoms with Crippen molar-refractivity contribution in [2.75, 3.05) is 46.6 Å². The molecule has 0 unspecified atom stereocenters. The van der Waals surface area contributed by atoms with Crippen LogP contribution < -0.4 is 9.47 Å². The van der Waals surface area contributed by atoms with Crippen LogP contribution in [0.4, 0.5) is 4.39 Å². The zero-order chi connectivity index (χ0) is 25.9. The van der Waals surface area contributed by atoms with Crippen molar-refractivity contribution >= 4 is 21.8 Å². The first kappa shape index (κ1) is 24.3. The Labute approximate surface area is 220 Å². The van der Waals surface area contributed by atoms with Crippen LogP contribution in [0.2, 0.25) is 0 Å². The van der Waals surface area contributed by atoms with Crippen molar-refractivity contribution in [3.63, 3.8) is 0 Å². The van der Waals surface area contributed by atoms with Gasteiger partial charge in [0.25, 0.3) is 0 Å². The average Bonchev–Trinajstić information content (AvgIpc) is 3.34. The number of ether oxygens (including phenoxy) is 3. The van der Waals surface area contributed by atoms with Crippen LogP contribution in [-0.4, -0.2) is 66.4 Å². The molecule has 0 bridgehead atoms. The third kappa shape index (κ3) is 4.68. The van der Waals surface area contributed by atoms with E-state index in [4.69, 9.17) is 19.2 Å². The lowest BCUT2D eigenvalue weighted by molar-refractivity contribution is 0.0357. The molecule has 0 radical (unpaired) electrons. The first-order chi connectivity index (χ1) is 18.7. The number of para-hydroxylation sites is 1. The van der Waals surface area contributed by atoms with Crippen molar-refractivity contribution in [2.24, 2.45) is 0 Å². The van der Waals surface area contributed by atoms with E-state index in [1.165, 1.54) is 12.4 Å². The molecule has 1 fully saturated rings. The maximum Gasteiger partial charge on any atom is 0.162 e. The minimum atomic E-state index is -0.301. The molecule has 8 heteroatoms. The van der Waals surface area contributed by atoms with E-state index in [1.54, 1.807) is 19.2 Å². The van der Waals surface area contributed by atoms with Gasteiger partial charge in [0.2, 0.25) is 0 Å². The molecule has 2 aromatic heterocycles. The minimum Gasteiger partial charge on any atom is -0.493 e. The Balaban J connectivity index is 1.41. The molecule has 0 saturated carbocycles. The topological polar surface area (TPSA) is 72.5 Å². The molecule has 6 rings (SSSR count). The Kier molecular flexibility index (Phi) is 6.90. The first-order valence-corrected chi connectivity index (χ1v) is 12.8. The van der Waals surface area contributed by atoms with Crippen LogP contribution >= 0.6 is 0 Å². The van der Waals surface area contributed by atoms with Crippen LogP contribution in [0, 0.1) is 5.82 Å². The summed E-state index contributed by atoms with van der Waals surface area (Å²) in [6.07, 6.45) is 2.42. The number of aromatic amines is 1. The summed E-state index contributed by atoms with van der Waals surface area (Å²) in [5.74, 6) is 0.941. The summed E-state index contributed by atoms with van der Waals surface area (Å²) in [6.45, 7) is 4.98. The monoisotopic (exact) mass is 512 g/mol. The second-order valence-electron chi connectivity index (χ2n) is 9.30. The maximum atomic E-state index is 15.0. The van der Waals surface area contributed by atoms with Gasteiger partial charge in [-0.3, -0.25) is 4.90 Å². The minimum absolute atomic E-state index is 0.301. The van der Waals surface area contributed by atoms with Gasteiger partial charge in [-0.25, -0.2) is 14.4 Å². The molecule has 1 N–H and O–H groups in total. The zero-order valence-electron chi connectivity index (χ0n) is 21.2. The average molecular weight is 513 g/mol. The fraction of sp³-hybridized carbons (Fsp3) is 0.267. The zero-order valence-corrected chi connectivity index (χ0v) is 21.2. The number of nitrogens with zero attached hydrogens (tertiary/aromatic N) is 3. The number of fused-ring (bicyclic) bond motifs is 2. The Morgan fingerprint density at radius 2 is 1.79 bits per heavy atom. The van der Waals surface area contributed by atoms with E-state index < -0.39 is 0 Å². The molecule has 0 spiro atoms. The standard InChI is InChI=1S/C30H29FN4O3/c1-36-26-18-25-22(17-27(26)38-14-6-11-35-12-15-37-16-13-35)29(33-19-32-25)28-21-8-3-5-10-24(21)34-30(28)20-7-2-4-9-23(20)31/h2-5,7-10,17-19,34H,6,11-16H2,1H3. The van der Waals surface area contributed by atoms with Crippen LogP contribution in [-0.2, 0) is 4.74 Å². The Bertz CT molecular complexity index is 1580. The lowest BCUT2D eigenvalue weighted by Crippen LogP contribution is -2.37. The van der Waals surface area contributed by atoms with E-state index in [9.17, 15) is 4.39 Å². The fourth-order valence-electron chi connectivity index (χ4n) is 5.08. The Morgan fingerprint density at radius 1 is 0.974 bits per heavy atom. The van der Waals surface area contributed by atoms with Gasteiger partial charge in [0, 0.05) is 53.1 Å². The van der Waals surface area contributed by atoms with Crippen molar-refractivity contribution in [2.45, 2.75) is 6.42 Å². The van der Waals surface area contributed by atoms with Crippen molar-refractivity contribution in [1.82, 2.24) is 19.9 Å². The molecule has 7 nitrogen and oxygen atoms in total. The highest BCUT2D eigenvalue weighted by Gasteiger charge is 2.21. The van der Waals surface area contributed by atoms with E-state index >= 15 is 0 Å². The lowest BCUT2D eigenvalue weighted by atomic mass is 9.99. The number of benzene rings is 3. The predicted molar refractivity (Wildman–Crippen MR) is 146 cm³/mol. The fourth-order valence-corrected chi connectivity index (χ4v) is 5.08. The molecule has 38 heavy (non-hydrogen) atoms. The lowest BCUT2D eigenvalue weighted by Gasteiger charge is -2.26. The van der Waals surface area contributed by atoms with Crippen LogP contribution in [0.15, 0.2) is 67.0 Å². The number of rotatable bonds is 8. The van der Waals surface area contributed by atoms with Gasteiger partial charge in [0.05, 0.1) is 43.8 Å². The summed E-state index contributed by atoms with van der Waals surface area (Å²) in [5, 5.41) is 1.76. The van der Waals surface area contributed by atoms with E-state index in [0.29, 0.717) is 35.1 Å². The molecule has 1 saturated heterocycles. The van der Waals surface area contributed by atoms with Crippen molar-refractivity contribution < 1.29 is 18.6 Å². The van der Waals surface area contributed by atoms with Gasteiger partial charge in [0.15, 0.2) is 11.5 Å². The quantitative estimate of drug-likeness (QED) is 0.269. The summed E-state index contributed by atoms with van der Waals surface area (Å²) in [7, 11) is 1.62. The van der Waals surface area contributed by atoms with E-state index in [2.05, 4.69) is 14.9 Å². The van der Waals surface area contributed by atoms with Crippen LogP contribution in [0.3, 0.4) is 0 Å². The molecule has 0 aliphatic carbocycles. The first-order valence-electron chi connectivity index (χ1n) is 12.8. The predicted octanol–water partition coefficient (Wildman–Crippen LogP) is 5.69. The molecule has 3 aromatic carbocycles. The summed E-state index contributed by atoms with van der Waals surface area (Å²) in [4.78, 5) is 15.0. The van der Waals surface area contributed by atoms with E-state index in [0.717, 1.165) is 66.6 Å². The van der Waals surface area contributed by atoms with Gasteiger partial charge in [-0.1, -0.05) is 30.3 Å². The maximum absolute atomic E-state index is 15.0. The van der Waals surface area contributed by atoms with Gasteiger partial charge < -0.3 is 19.2 Å². The second-order valence-corrected chi connectivity index (χ2v) is 9.30. The number of nitrogens with one attached hydrogen (secondary N) is 1. The van der Waals surface area contributed by atoms with Crippen molar-refractivity contribution in [1.29, 1.82) is 0 Å². The Hall–Kier alpha value is -4.01. The number of morpholine rings is 1. The highest BCUT2D eigenvalue weighted by atomic mass is 19.1. The largest absolute Gasteiger partial charge is 0.493 e. The molecule has 0 atom stereocenters. The number of H-pyrrole nitrogens is 1. The number of hydrogen-bond acceptors (Lipinski definition) is 6. The summed E-state index contributed by atoms with van der Waals surface area (Å²) < 4.78 is 32.3. The molecular formula is C30H29FN4O3. The van der Waals surface area contributed by atoms with Crippen LogP contribution in [0.5, 0.6) is 11.5 Å². The highest BCUT2D eigenvalue weighted by molar-refractivity contribution is 6.09. The molecule has 1 aliphatic heterocycles. The van der Waals surface area contributed by atoms with Crippen LogP contribution in [0.1, 0.15) is 6.42 Å². The molecule has 194 valence electrons. The number of methoxy groups -OCH3 is 1. The highest BCUT2D eigenvalue weighted by Crippen LogP contribution is 2.42. The molecule has 0 amide bonds. The number of hydrogen-bond donors (Lipinski definition) is 1. The summed E-state index contributed by atoms with van der Waals surface area (Å²) >= 11 is 0. The molecule has 3 heterocycles. The normalized spacial score (nSPS) is 14.3. The SMILES string of the molecule is COc1cc2ncnc(-c3c(-c4ccccc4F)[nH]c4ccccc34)c2cc1OCCCN1CCOCC1. The smallest absolute Gasteiger partial charge is 0.162 e. The number of aromatic nitrogens is 3. The van der Waals surface area contributed by atoms with Gasteiger partial charge in [-0.15, -0.1) is 0 Å². The van der Waals surface area contributed by atoms with Crippen molar-refractivity contribution in [3.8, 4) is 34.0 Å². The van der Waals surface area contributed by atoms with Gasteiger partial charge in [-0.05, 0) is 30.7 Å². The number of halogens is 1. The summed E-state index contributed by atoms with van der Waals surface area (Å²) in [5.41, 5.74) is 4.30. The van der Waals surface area contributed by atoms with E-state index in [-0.39, 0.29) is 5.82 Å². The molecular weight excluding hydrogens is 483 g/mol. The third-order valence-electron chi connectivity index (χ3n) is 6.99. The van der Waals surface area contributed by atoms with Crippen LogP contribution in [0.25, 0.3) is 44.3 Å². The Morgan fingerprint density at radius 3 is 2.63 bits per heavy atom. The van der Waals surface area contributed by atoms with E-state index in [1.807, 2.05) is 42.5 Å². The molecule has 1 aliphatic rings. The summed E-state index contributed by atoms with van der Waals surface area (Å²) in [6, 6.07) is 18.5. The van der Waals surface area contributed by atoms with Gasteiger partial charge >= 0.3 is 0 Å². The molecule has 5 aromatic rings. The van der Waals surface area contributed by atoms with Gasteiger partial charge in [-0.2, -0.15) is 0 Å². The van der Waals surface area contributed by atoms with Gasteiger partial charge in [0.1, 0.15) is 12.1 Å². The van der Waals surface area contributed by atoms with Crippen molar-refractivity contribution in [3.05, 3.63) is 72.8 Å².